The van der Waals surface area contributed by atoms with Crippen LogP contribution in [0.2, 0.25) is 0 Å². The predicted octanol–water partition coefficient (Wildman–Crippen LogP) is 1.49. The summed E-state index contributed by atoms with van der Waals surface area (Å²) in [6, 6.07) is 7.37. The maximum atomic E-state index is 13.2. The van der Waals surface area contributed by atoms with Gasteiger partial charge in [-0.1, -0.05) is 12.1 Å². The lowest BCUT2D eigenvalue weighted by Crippen LogP contribution is -2.22. The maximum absolute atomic E-state index is 13.2. The fraction of sp³-hybridized carbons (Fsp3) is 0.0769. The van der Waals surface area contributed by atoms with Crippen LogP contribution < -0.4 is 11.1 Å². The number of aromatic hydroxyl groups is 1. The highest BCUT2D eigenvalue weighted by atomic mass is 19.1. The zero-order chi connectivity index (χ0) is 13.8. The molecule has 98 valence electrons. The van der Waals surface area contributed by atoms with Crippen molar-refractivity contribution in [1.29, 1.82) is 0 Å². The lowest BCUT2D eigenvalue weighted by molar-refractivity contribution is -0.116. The summed E-state index contributed by atoms with van der Waals surface area (Å²) in [5.41, 5.74) is 5.93. The molecule has 0 saturated heterocycles. The van der Waals surface area contributed by atoms with Gasteiger partial charge < -0.3 is 16.2 Å². The van der Waals surface area contributed by atoms with Crippen molar-refractivity contribution in [2.75, 3.05) is 11.9 Å². The summed E-state index contributed by atoms with van der Waals surface area (Å²) in [7, 11) is 0. The molecular formula is C13H12FN3O2. The molecule has 6 heteroatoms. The molecule has 0 unspecified atom stereocenters. The van der Waals surface area contributed by atoms with Gasteiger partial charge in [0, 0.05) is 11.8 Å². The molecular weight excluding hydrogens is 249 g/mol. The van der Waals surface area contributed by atoms with Crippen LogP contribution in [0.3, 0.4) is 0 Å². The van der Waals surface area contributed by atoms with Crippen molar-refractivity contribution in [1.82, 2.24) is 4.98 Å². The van der Waals surface area contributed by atoms with Crippen molar-refractivity contribution >= 4 is 11.7 Å². The summed E-state index contributed by atoms with van der Waals surface area (Å²) in [4.78, 5) is 14.6. The highest BCUT2D eigenvalue weighted by molar-refractivity contribution is 5.81. The number of carbonyl (C=O) groups excluding carboxylic acids is 1. The van der Waals surface area contributed by atoms with E-state index in [-0.39, 0.29) is 18.1 Å². The average Bonchev–Trinajstić information content (AvgIpc) is 2.37. The van der Waals surface area contributed by atoms with Gasteiger partial charge in [0.15, 0.2) is 11.6 Å². The topological polar surface area (TPSA) is 88.2 Å². The second-order valence-electron chi connectivity index (χ2n) is 3.89. The van der Waals surface area contributed by atoms with Crippen molar-refractivity contribution in [3.05, 3.63) is 42.3 Å². The van der Waals surface area contributed by atoms with Crippen LogP contribution in [0.15, 0.2) is 36.5 Å². The molecule has 0 spiro atoms. The highest BCUT2D eigenvalue weighted by Gasteiger charge is 2.11. The minimum atomic E-state index is -0.572. The van der Waals surface area contributed by atoms with Crippen LogP contribution in [-0.4, -0.2) is 22.5 Å². The van der Waals surface area contributed by atoms with Crippen LogP contribution >= 0.6 is 0 Å². The van der Waals surface area contributed by atoms with E-state index in [1.165, 1.54) is 18.3 Å². The normalized spacial score (nSPS) is 10.2. The molecule has 0 radical (unpaired) electrons. The second kappa shape index (κ2) is 5.34. The van der Waals surface area contributed by atoms with Crippen molar-refractivity contribution in [2.45, 2.75) is 0 Å². The average molecular weight is 261 g/mol. The fourth-order valence-corrected chi connectivity index (χ4v) is 1.64. The van der Waals surface area contributed by atoms with E-state index in [0.29, 0.717) is 11.1 Å². The monoisotopic (exact) mass is 261 g/mol. The van der Waals surface area contributed by atoms with Crippen LogP contribution in [-0.2, 0) is 4.79 Å². The van der Waals surface area contributed by atoms with Crippen LogP contribution in [0.4, 0.5) is 10.2 Å². The van der Waals surface area contributed by atoms with Gasteiger partial charge >= 0.3 is 0 Å². The number of rotatable bonds is 4. The zero-order valence-corrected chi connectivity index (χ0v) is 9.93. The first kappa shape index (κ1) is 12.8. The fourth-order valence-electron chi connectivity index (χ4n) is 1.64. The summed E-state index contributed by atoms with van der Waals surface area (Å²) in [5.74, 6) is -1.01. The molecule has 0 aliphatic heterocycles. The Balaban J connectivity index is 2.37. The molecule has 1 heterocycles. The van der Waals surface area contributed by atoms with Crippen LogP contribution in [0, 0.1) is 5.82 Å². The van der Waals surface area contributed by atoms with E-state index in [2.05, 4.69) is 10.3 Å². The number of nitrogens with one attached hydrogen (secondary N) is 1. The Hall–Kier alpha value is -2.63. The molecule has 19 heavy (non-hydrogen) atoms. The Morgan fingerprint density at radius 3 is 2.89 bits per heavy atom. The first-order valence-corrected chi connectivity index (χ1v) is 5.54. The van der Waals surface area contributed by atoms with Crippen molar-refractivity contribution < 1.29 is 14.3 Å². The molecule has 0 aliphatic rings. The standard InChI is InChI=1S/C13H12FN3O2/c14-9-3-1-2-8(6-9)10-4-5-16-13(12(10)19)17-7-11(15)18/h1-6,19H,7H2,(H2,15,18)(H,16,17). The van der Waals surface area contributed by atoms with E-state index < -0.39 is 11.7 Å². The zero-order valence-electron chi connectivity index (χ0n) is 9.93. The largest absolute Gasteiger partial charge is 0.504 e. The number of aromatic nitrogens is 1. The van der Waals surface area contributed by atoms with Crippen molar-refractivity contribution in [3.8, 4) is 16.9 Å². The maximum Gasteiger partial charge on any atom is 0.236 e. The third-order valence-electron chi connectivity index (χ3n) is 2.49. The molecule has 0 aliphatic carbocycles. The molecule has 1 amide bonds. The van der Waals surface area contributed by atoms with Crippen LogP contribution in [0.1, 0.15) is 0 Å². The first-order valence-electron chi connectivity index (χ1n) is 5.54. The van der Waals surface area contributed by atoms with Crippen LogP contribution in [0.5, 0.6) is 5.75 Å². The van der Waals surface area contributed by atoms with E-state index >= 15 is 0 Å². The van der Waals surface area contributed by atoms with Crippen molar-refractivity contribution in [2.24, 2.45) is 5.73 Å². The summed E-state index contributed by atoms with van der Waals surface area (Å²) in [6.07, 6.45) is 1.45. The van der Waals surface area contributed by atoms with Gasteiger partial charge in [-0.05, 0) is 23.8 Å². The summed E-state index contributed by atoms with van der Waals surface area (Å²) in [6.45, 7) is -0.146. The van der Waals surface area contributed by atoms with Gasteiger partial charge in [-0.2, -0.15) is 0 Å². The van der Waals surface area contributed by atoms with Gasteiger partial charge in [0.05, 0.1) is 6.54 Å². The quantitative estimate of drug-likeness (QED) is 0.778. The number of hydrogen-bond acceptors (Lipinski definition) is 4. The van der Waals surface area contributed by atoms with E-state index in [9.17, 15) is 14.3 Å². The van der Waals surface area contributed by atoms with E-state index in [0.717, 1.165) is 0 Å². The minimum Gasteiger partial charge on any atom is -0.504 e. The number of hydrogen-bond donors (Lipinski definition) is 3. The van der Waals surface area contributed by atoms with Gasteiger partial charge in [-0.15, -0.1) is 0 Å². The van der Waals surface area contributed by atoms with Gasteiger partial charge in [-0.3, -0.25) is 4.79 Å². The number of nitrogens with zero attached hydrogens (tertiary/aromatic N) is 1. The molecule has 1 aromatic heterocycles. The number of nitrogens with two attached hydrogens (primary N) is 1. The lowest BCUT2D eigenvalue weighted by atomic mass is 10.1. The number of amides is 1. The SMILES string of the molecule is NC(=O)CNc1nccc(-c2cccc(F)c2)c1O. The number of pyridine rings is 1. The Bertz CT molecular complexity index is 617. The number of anilines is 1. The molecule has 2 rings (SSSR count). The number of benzene rings is 1. The van der Waals surface area contributed by atoms with E-state index in [4.69, 9.17) is 5.73 Å². The third-order valence-corrected chi connectivity index (χ3v) is 2.49. The molecule has 5 nitrogen and oxygen atoms in total. The molecule has 0 bridgehead atoms. The third kappa shape index (κ3) is 2.98. The van der Waals surface area contributed by atoms with Crippen molar-refractivity contribution in [3.63, 3.8) is 0 Å². The van der Waals surface area contributed by atoms with E-state index in [1.54, 1.807) is 18.2 Å². The Morgan fingerprint density at radius 2 is 2.21 bits per heavy atom. The Labute approximate surface area is 108 Å². The molecule has 0 fully saturated rings. The molecule has 2 aromatic rings. The second-order valence-corrected chi connectivity index (χ2v) is 3.89. The van der Waals surface area contributed by atoms with Gasteiger partial charge in [-0.25, -0.2) is 9.37 Å². The Kier molecular flexibility index (Phi) is 3.61. The van der Waals surface area contributed by atoms with E-state index in [1.807, 2.05) is 0 Å². The smallest absolute Gasteiger partial charge is 0.236 e. The predicted molar refractivity (Wildman–Crippen MR) is 69.0 cm³/mol. The Morgan fingerprint density at radius 1 is 1.42 bits per heavy atom. The molecule has 0 saturated carbocycles. The summed E-state index contributed by atoms with van der Waals surface area (Å²) in [5, 5.41) is 12.7. The molecule has 1 aromatic carbocycles. The minimum absolute atomic E-state index is 0.126. The first-order chi connectivity index (χ1) is 9.08. The lowest BCUT2D eigenvalue weighted by Gasteiger charge is -2.10. The van der Waals surface area contributed by atoms with Gasteiger partial charge in [0.2, 0.25) is 5.91 Å². The number of primary amides is 1. The molecule has 0 atom stereocenters. The number of halogens is 1. The summed E-state index contributed by atoms with van der Waals surface area (Å²) < 4.78 is 13.2. The number of carbonyl (C=O) groups is 1. The summed E-state index contributed by atoms with van der Waals surface area (Å²) >= 11 is 0. The van der Waals surface area contributed by atoms with Gasteiger partial charge in [0.1, 0.15) is 5.82 Å². The van der Waals surface area contributed by atoms with Gasteiger partial charge in [0.25, 0.3) is 0 Å². The highest BCUT2D eigenvalue weighted by Crippen LogP contribution is 2.33. The molecule has 4 N–H and O–H groups in total. The van der Waals surface area contributed by atoms with Crippen LogP contribution in [0.25, 0.3) is 11.1 Å².